The molecule has 0 spiro atoms. The van der Waals surface area contributed by atoms with Crippen molar-refractivity contribution >= 4 is 11.7 Å². The van der Waals surface area contributed by atoms with E-state index in [1.807, 2.05) is 0 Å². The number of hydrogen-bond acceptors (Lipinski definition) is 21. The van der Waals surface area contributed by atoms with Crippen molar-refractivity contribution in [1.82, 2.24) is 5.32 Å². The summed E-state index contributed by atoms with van der Waals surface area (Å²) in [6, 6.07) is -1.62. The Morgan fingerprint density at radius 1 is 0.463 bits per heavy atom. The molecule has 0 saturated carbocycles. The fourth-order valence-electron chi connectivity index (χ4n) is 10.8. The first-order chi connectivity index (χ1) is 38.4. The van der Waals surface area contributed by atoms with Crippen LogP contribution in [0.5, 0.6) is 0 Å². The van der Waals surface area contributed by atoms with E-state index in [0.29, 0.717) is 12.8 Å². The van der Waals surface area contributed by atoms with Crippen LogP contribution in [0.25, 0.3) is 0 Å². The van der Waals surface area contributed by atoms with Crippen molar-refractivity contribution in [2.45, 2.75) is 336 Å². The molecule has 3 fully saturated rings. The monoisotopic (exact) mass is 1160 g/mol. The van der Waals surface area contributed by atoms with Crippen LogP contribution in [-0.2, 0) is 38.0 Å². The summed E-state index contributed by atoms with van der Waals surface area (Å²) in [5.41, 5.74) is 0. The molecule has 14 N–H and O–H groups in total. The van der Waals surface area contributed by atoms with Gasteiger partial charge in [0.2, 0.25) is 0 Å². The number of amides is 1. The van der Waals surface area contributed by atoms with Crippen LogP contribution < -0.4 is 5.32 Å². The summed E-state index contributed by atoms with van der Waals surface area (Å²) >= 11 is 0. The van der Waals surface area contributed by atoms with Crippen LogP contribution in [0.3, 0.4) is 0 Å². The molecular formula is C58H109NO21. The average molecular weight is 1160 g/mol. The van der Waals surface area contributed by atoms with E-state index in [0.717, 1.165) is 70.6 Å². The zero-order valence-corrected chi connectivity index (χ0v) is 48.5. The van der Waals surface area contributed by atoms with Crippen LogP contribution in [0.2, 0.25) is 0 Å². The molecule has 22 nitrogen and oxygen atoms in total. The predicted octanol–water partition coefficient (Wildman–Crippen LogP) is 2.72. The second-order valence-electron chi connectivity index (χ2n) is 22.9. The molecule has 22 heteroatoms. The second kappa shape index (κ2) is 41.4. The van der Waals surface area contributed by atoms with Gasteiger partial charge in [0.15, 0.2) is 30.8 Å². The van der Waals surface area contributed by atoms with Crippen LogP contribution >= 0.6 is 0 Å². The number of aliphatic hydroxyl groups is 13. The van der Waals surface area contributed by atoms with E-state index in [-0.39, 0.29) is 12.8 Å². The number of ketones is 1. The Labute approximate surface area is 475 Å². The minimum Gasteiger partial charge on any atom is -0.394 e. The number of hydrogen-bond donors (Lipinski definition) is 14. The van der Waals surface area contributed by atoms with E-state index in [9.17, 15) is 76.0 Å². The Morgan fingerprint density at radius 2 is 0.863 bits per heavy atom. The highest BCUT2D eigenvalue weighted by Gasteiger charge is 2.54. The molecule has 80 heavy (non-hydrogen) atoms. The number of ether oxygens (including phenoxy) is 6. The minimum absolute atomic E-state index is 0.00326. The fraction of sp³-hybridized carbons (Fsp3) is 0.966. The zero-order chi connectivity index (χ0) is 59.0. The molecule has 3 saturated heterocycles. The van der Waals surface area contributed by atoms with Gasteiger partial charge in [0.25, 0.3) is 5.91 Å². The van der Waals surface area contributed by atoms with Crippen molar-refractivity contribution < 1.29 is 104 Å². The summed E-state index contributed by atoms with van der Waals surface area (Å²) in [5, 5.41) is 143. The fourth-order valence-corrected chi connectivity index (χ4v) is 10.8. The third-order valence-electron chi connectivity index (χ3n) is 16.1. The van der Waals surface area contributed by atoms with Gasteiger partial charge in [-0.15, -0.1) is 0 Å². The molecule has 0 bridgehead atoms. The molecule has 3 aliphatic heterocycles. The van der Waals surface area contributed by atoms with Crippen LogP contribution in [-0.4, -0.2) is 220 Å². The van der Waals surface area contributed by atoms with E-state index < -0.39 is 154 Å². The van der Waals surface area contributed by atoms with Gasteiger partial charge in [-0.2, -0.15) is 0 Å². The van der Waals surface area contributed by atoms with Crippen molar-refractivity contribution in [3.8, 4) is 0 Å². The highest BCUT2D eigenvalue weighted by Crippen LogP contribution is 2.34. The van der Waals surface area contributed by atoms with Gasteiger partial charge in [-0.1, -0.05) is 194 Å². The van der Waals surface area contributed by atoms with Crippen molar-refractivity contribution in [2.75, 3.05) is 19.8 Å². The van der Waals surface area contributed by atoms with Gasteiger partial charge >= 0.3 is 0 Å². The summed E-state index contributed by atoms with van der Waals surface area (Å²) in [7, 11) is 0. The first kappa shape index (κ1) is 72.6. The molecular weight excluding hydrogens is 1050 g/mol. The zero-order valence-electron chi connectivity index (χ0n) is 48.5. The summed E-state index contributed by atoms with van der Waals surface area (Å²) in [5.74, 6) is -2.49. The van der Waals surface area contributed by atoms with Gasteiger partial charge in [0, 0.05) is 0 Å². The maximum atomic E-state index is 13.6. The molecule has 3 aliphatic rings. The summed E-state index contributed by atoms with van der Waals surface area (Å²) < 4.78 is 34.9. The Kier molecular flexibility index (Phi) is 37.6. The molecule has 20 atom stereocenters. The lowest BCUT2D eigenvalue weighted by atomic mass is 9.96. The van der Waals surface area contributed by atoms with Gasteiger partial charge in [0.1, 0.15) is 79.4 Å². The second-order valence-corrected chi connectivity index (χ2v) is 22.9. The van der Waals surface area contributed by atoms with Crippen LogP contribution in [0.4, 0.5) is 0 Å². The number of carbonyl (C=O) groups is 2. The predicted molar refractivity (Wildman–Crippen MR) is 294 cm³/mol. The van der Waals surface area contributed by atoms with Gasteiger partial charge < -0.3 is 100 Å². The highest BCUT2D eigenvalue weighted by atomic mass is 16.8. The van der Waals surface area contributed by atoms with Crippen LogP contribution in [0.15, 0.2) is 0 Å². The molecule has 0 aromatic rings. The van der Waals surface area contributed by atoms with Crippen molar-refractivity contribution in [3.05, 3.63) is 0 Å². The number of Topliss-reactive ketones (excluding diaryl/α,β-unsaturated/α-hetero) is 1. The van der Waals surface area contributed by atoms with E-state index in [1.165, 1.54) is 103 Å². The average Bonchev–Trinajstić information content (AvgIpc) is 3.46. The number of unbranched alkanes of at least 4 members (excludes halogenated alkanes) is 26. The summed E-state index contributed by atoms with van der Waals surface area (Å²) in [6.45, 7) is 3.17. The third-order valence-corrected chi connectivity index (χ3v) is 16.1. The third kappa shape index (κ3) is 25.1. The van der Waals surface area contributed by atoms with E-state index in [4.69, 9.17) is 28.4 Å². The Balaban J connectivity index is 1.66. The smallest absolute Gasteiger partial charge is 0.257 e. The van der Waals surface area contributed by atoms with Crippen LogP contribution in [0, 0.1) is 0 Å². The van der Waals surface area contributed by atoms with E-state index >= 15 is 0 Å². The Morgan fingerprint density at radius 3 is 1.32 bits per heavy atom. The maximum absolute atomic E-state index is 13.6. The quantitative estimate of drug-likeness (QED) is 0.0308. The van der Waals surface area contributed by atoms with Gasteiger partial charge in [-0.05, 0) is 19.8 Å². The lowest BCUT2D eigenvalue weighted by Gasteiger charge is -2.49. The lowest BCUT2D eigenvalue weighted by Crippen LogP contribution is -2.67. The normalized spacial score (nSPS) is 31.1. The summed E-state index contributed by atoms with van der Waals surface area (Å²) in [6.07, 6.45) is -2.58. The molecule has 472 valence electrons. The number of carbonyl (C=O) groups excluding carboxylic acids is 2. The molecule has 0 aromatic carbocycles. The van der Waals surface area contributed by atoms with Gasteiger partial charge in [0.05, 0.1) is 38.1 Å². The number of nitrogens with one attached hydrogen (secondary N) is 1. The minimum atomic E-state index is -2.39. The first-order valence-electron chi connectivity index (χ1n) is 30.9. The van der Waals surface area contributed by atoms with Gasteiger partial charge in [-0.25, -0.2) is 0 Å². The molecule has 3 rings (SSSR count). The van der Waals surface area contributed by atoms with Crippen LogP contribution in [0.1, 0.15) is 213 Å². The highest BCUT2D eigenvalue weighted by molar-refractivity contribution is 6.05. The maximum Gasteiger partial charge on any atom is 0.257 e. The molecule has 0 unspecified atom stereocenters. The van der Waals surface area contributed by atoms with Crippen molar-refractivity contribution in [1.29, 1.82) is 0 Å². The van der Waals surface area contributed by atoms with E-state index in [1.54, 1.807) is 0 Å². The standard InChI is InChI=1S/C58H109NO21/c1-4-6-8-10-12-14-16-17-18-19-20-21-22-23-25-27-29-31-33-40(63)45(66)49(70)55(74)59-38(44(65)39(62)32-30-28-26-24-15-13-11-9-7-5-2)36-75-56-52(73)54(80-57-50(71)47(68)43(64)37(3)76-57)53(42(35-61)78-56)79-58-51(72)48(69)46(67)41(34-60)77-58/h37-44,46-54,56-58,60-65,67-73H,4-36H2,1-3H3,(H,59,74)/t37-,38+,39-,40-,41-,42-,43+,44+,46+,47+,48+,49-,50-,51-,52-,53-,54-,56-,57-,58+/m1/s1. The molecule has 0 radical (unpaired) electrons. The molecule has 0 aliphatic carbocycles. The Bertz CT molecular complexity index is 1590. The SMILES string of the molecule is CCCCCCCCCCCCCCCCCCCC[C@@H](O)C(=O)[C@@H](O)C(=O)N[C@@H](CO[C@@H]1O[C@H](CO)[C@@H](O[C@@H]2O[C@H](CO)[C@H](O)[C@H](O)[C@H]2O)[C@H](O[C@H]2O[C@H](C)[C@H](O)[C@H](O)[C@H]2O)[C@H]1O)[C@H](O)[C@H](O)CCCCCCCCCCCC. The largest absolute Gasteiger partial charge is 0.394 e. The molecule has 3 heterocycles. The lowest BCUT2D eigenvalue weighted by molar-refractivity contribution is -0.386. The van der Waals surface area contributed by atoms with E-state index in [2.05, 4.69) is 19.2 Å². The summed E-state index contributed by atoms with van der Waals surface area (Å²) in [4.78, 5) is 26.8. The Hall–Kier alpha value is -1.62. The van der Waals surface area contributed by atoms with Gasteiger partial charge in [-0.3, -0.25) is 9.59 Å². The number of aliphatic hydroxyl groups excluding tert-OH is 13. The molecule has 1 amide bonds. The topological polar surface area (TPSA) is 365 Å². The number of rotatable bonds is 45. The van der Waals surface area contributed by atoms with Crippen molar-refractivity contribution in [2.24, 2.45) is 0 Å². The van der Waals surface area contributed by atoms with Crippen molar-refractivity contribution in [3.63, 3.8) is 0 Å². The first-order valence-corrected chi connectivity index (χ1v) is 30.9. The molecule has 0 aromatic heterocycles.